The highest BCUT2D eigenvalue weighted by Crippen LogP contribution is 2.20. The molecule has 0 radical (unpaired) electrons. The van der Waals surface area contributed by atoms with E-state index in [0.717, 1.165) is 10.8 Å². The summed E-state index contributed by atoms with van der Waals surface area (Å²) in [5.74, 6) is -0.913. The van der Waals surface area contributed by atoms with Gasteiger partial charge in [0.05, 0.1) is 4.90 Å². The second-order valence-electron chi connectivity index (χ2n) is 5.06. The summed E-state index contributed by atoms with van der Waals surface area (Å²) in [5.41, 5.74) is 0.409. The van der Waals surface area contributed by atoms with Gasteiger partial charge in [0.15, 0.2) is 15.6 Å². The maximum atomic E-state index is 12.4. The van der Waals surface area contributed by atoms with Crippen LogP contribution in [-0.4, -0.2) is 20.0 Å². The minimum absolute atomic E-state index is 0.176. The number of hydrogen-bond donors (Lipinski definition) is 0. The molecule has 0 bridgehead atoms. The van der Waals surface area contributed by atoms with Gasteiger partial charge in [-0.25, -0.2) is 8.42 Å². The molecule has 0 heterocycles. The van der Waals surface area contributed by atoms with Crippen LogP contribution in [0.5, 0.6) is 0 Å². The molecule has 0 spiro atoms. The topological polar surface area (TPSA) is 51.2 Å². The summed E-state index contributed by atoms with van der Waals surface area (Å²) >= 11 is 0. The number of rotatable bonds is 4. The van der Waals surface area contributed by atoms with Gasteiger partial charge in [0.25, 0.3) is 0 Å². The number of benzene rings is 3. The van der Waals surface area contributed by atoms with E-state index in [1.165, 1.54) is 0 Å². The van der Waals surface area contributed by atoms with Gasteiger partial charge in [0.2, 0.25) is 0 Å². The SMILES string of the molecule is O=C(CS(=O)(=O)c1ccc2ccccc2c1)c1ccccc1. The highest BCUT2D eigenvalue weighted by molar-refractivity contribution is 7.92. The lowest BCUT2D eigenvalue weighted by atomic mass is 10.1. The van der Waals surface area contributed by atoms with Gasteiger partial charge in [0.1, 0.15) is 5.75 Å². The maximum Gasteiger partial charge on any atom is 0.185 e. The molecule has 22 heavy (non-hydrogen) atoms. The predicted octanol–water partition coefficient (Wildman–Crippen LogP) is 3.50. The molecule has 0 aromatic heterocycles. The largest absolute Gasteiger partial charge is 0.293 e. The van der Waals surface area contributed by atoms with Crippen LogP contribution >= 0.6 is 0 Å². The van der Waals surface area contributed by atoms with Crippen LogP contribution < -0.4 is 0 Å². The molecule has 0 fully saturated rings. The Morgan fingerprint density at radius 1 is 0.773 bits per heavy atom. The number of ketones is 1. The maximum absolute atomic E-state index is 12.4. The van der Waals surface area contributed by atoms with Crippen molar-refractivity contribution in [1.29, 1.82) is 0 Å². The van der Waals surface area contributed by atoms with Crippen molar-refractivity contribution in [3.8, 4) is 0 Å². The second kappa shape index (κ2) is 5.73. The van der Waals surface area contributed by atoms with Crippen LogP contribution in [-0.2, 0) is 9.84 Å². The van der Waals surface area contributed by atoms with Crippen molar-refractivity contribution in [2.45, 2.75) is 4.90 Å². The van der Waals surface area contributed by atoms with Crippen LogP contribution in [0.4, 0.5) is 0 Å². The zero-order chi connectivity index (χ0) is 15.6. The van der Waals surface area contributed by atoms with Crippen LogP contribution in [0.3, 0.4) is 0 Å². The van der Waals surface area contributed by atoms with Crippen molar-refractivity contribution in [3.05, 3.63) is 78.4 Å². The highest BCUT2D eigenvalue weighted by Gasteiger charge is 2.20. The van der Waals surface area contributed by atoms with E-state index in [-0.39, 0.29) is 4.90 Å². The Labute approximate surface area is 129 Å². The summed E-state index contributed by atoms with van der Waals surface area (Å²) in [6, 6.07) is 20.9. The van der Waals surface area contributed by atoms with Gasteiger partial charge >= 0.3 is 0 Å². The highest BCUT2D eigenvalue weighted by atomic mass is 32.2. The Kier molecular flexibility index (Phi) is 3.77. The molecule has 0 aliphatic heterocycles. The van der Waals surface area contributed by atoms with E-state index in [9.17, 15) is 13.2 Å². The van der Waals surface area contributed by atoms with E-state index in [4.69, 9.17) is 0 Å². The Morgan fingerprint density at radius 2 is 1.41 bits per heavy atom. The fraction of sp³-hybridized carbons (Fsp3) is 0.0556. The lowest BCUT2D eigenvalue weighted by Crippen LogP contribution is -2.16. The Hall–Kier alpha value is -2.46. The quantitative estimate of drug-likeness (QED) is 0.693. The van der Waals surface area contributed by atoms with Crippen LogP contribution in [0.15, 0.2) is 77.7 Å². The van der Waals surface area contributed by atoms with Gasteiger partial charge in [-0.2, -0.15) is 0 Å². The lowest BCUT2D eigenvalue weighted by molar-refractivity contribution is 0.102. The summed E-state index contributed by atoms with van der Waals surface area (Å²) in [5, 5.41) is 1.81. The standard InChI is InChI=1S/C18H14O3S/c19-18(15-7-2-1-3-8-15)13-22(20,21)17-11-10-14-6-4-5-9-16(14)12-17/h1-12H,13H2. The third-order valence-electron chi connectivity index (χ3n) is 3.50. The molecule has 0 aliphatic carbocycles. The van der Waals surface area contributed by atoms with Crippen molar-refractivity contribution in [2.75, 3.05) is 5.75 Å². The van der Waals surface area contributed by atoms with Gasteiger partial charge in [-0.05, 0) is 22.9 Å². The first-order valence-corrected chi connectivity index (χ1v) is 8.51. The number of sulfone groups is 1. The van der Waals surface area contributed by atoms with E-state index in [1.807, 2.05) is 24.3 Å². The van der Waals surface area contributed by atoms with Crippen LogP contribution in [0.1, 0.15) is 10.4 Å². The Morgan fingerprint density at radius 3 is 2.14 bits per heavy atom. The summed E-state index contributed by atoms with van der Waals surface area (Å²) in [6.45, 7) is 0. The minimum atomic E-state index is -3.65. The van der Waals surface area contributed by atoms with E-state index in [1.54, 1.807) is 48.5 Å². The number of fused-ring (bicyclic) bond motifs is 1. The van der Waals surface area contributed by atoms with Crippen LogP contribution in [0.25, 0.3) is 10.8 Å². The average molecular weight is 310 g/mol. The van der Waals surface area contributed by atoms with Gasteiger partial charge < -0.3 is 0 Å². The molecule has 3 aromatic rings. The minimum Gasteiger partial charge on any atom is -0.293 e. The van der Waals surface area contributed by atoms with Crippen LogP contribution in [0.2, 0.25) is 0 Å². The van der Waals surface area contributed by atoms with E-state index < -0.39 is 21.4 Å². The molecule has 3 rings (SSSR count). The average Bonchev–Trinajstić information content (AvgIpc) is 2.55. The second-order valence-corrected chi connectivity index (χ2v) is 7.05. The van der Waals surface area contributed by atoms with Crippen molar-refractivity contribution in [1.82, 2.24) is 0 Å². The Bertz CT molecular complexity index is 929. The molecule has 4 heteroatoms. The molecule has 0 N–H and O–H groups in total. The van der Waals surface area contributed by atoms with Gasteiger partial charge in [-0.1, -0.05) is 60.7 Å². The zero-order valence-corrected chi connectivity index (χ0v) is 12.6. The Balaban J connectivity index is 1.93. The number of carbonyl (C=O) groups excluding carboxylic acids is 1. The van der Waals surface area contributed by atoms with Crippen molar-refractivity contribution < 1.29 is 13.2 Å². The molecule has 110 valence electrons. The van der Waals surface area contributed by atoms with Crippen molar-refractivity contribution in [3.63, 3.8) is 0 Å². The van der Waals surface area contributed by atoms with Crippen molar-refractivity contribution in [2.24, 2.45) is 0 Å². The lowest BCUT2D eigenvalue weighted by Gasteiger charge is -2.06. The number of carbonyl (C=O) groups is 1. The van der Waals surface area contributed by atoms with Gasteiger partial charge in [-0.15, -0.1) is 0 Å². The summed E-state index contributed by atoms with van der Waals surface area (Å²) in [6.07, 6.45) is 0. The molecule has 3 nitrogen and oxygen atoms in total. The molecular formula is C18H14O3S. The third-order valence-corrected chi connectivity index (χ3v) is 5.11. The monoisotopic (exact) mass is 310 g/mol. The molecule has 0 aliphatic rings. The first-order valence-electron chi connectivity index (χ1n) is 6.86. The molecular weight excluding hydrogens is 296 g/mol. The molecule has 0 saturated heterocycles. The summed E-state index contributed by atoms with van der Waals surface area (Å²) < 4.78 is 24.9. The fourth-order valence-electron chi connectivity index (χ4n) is 2.32. The fourth-order valence-corrected chi connectivity index (χ4v) is 3.58. The normalized spacial score (nSPS) is 11.5. The first kappa shape index (κ1) is 14.5. The van der Waals surface area contributed by atoms with Gasteiger partial charge in [-0.3, -0.25) is 4.79 Å². The smallest absolute Gasteiger partial charge is 0.185 e. The molecule has 0 atom stereocenters. The van der Waals surface area contributed by atoms with Gasteiger partial charge in [0, 0.05) is 5.56 Å². The summed E-state index contributed by atoms with van der Waals surface area (Å²) in [4.78, 5) is 12.3. The number of hydrogen-bond acceptors (Lipinski definition) is 3. The van der Waals surface area contributed by atoms with E-state index in [2.05, 4.69) is 0 Å². The molecule has 3 aromatic carbocycles. The molecule has 0 unspecified atom stereocenters. The molecule has 0 saturated carbocycles. The zero-order valence-electron chi connectivity index (χ0n) is 11.8. The number of Topliss-reactive ketones (excluding diaryl/α,β-unsaturated/α-hetero) is 1. The summed E-state index contributed by atoms with van der Waals surface area (Å²) in [7, 11) is -3.65. The van der Waals surface area contributed by atoms with E-state index in [0.29, 0.717) is 5.56 Å². The third kappa shape index (κ3) is 2.92. The predicted molar refractivity (Wildman–Crippen MR) is 86.8 cm³/mol. The van der Waals surface area contributed by atoms with Crippen LogP contribution in [0, 0.1) is 0 Å². The molecule has 0 amide bonds. The first-order chi connectivity index (χ1) is 10.6. The van der Waals surface area contributed by atoms with E-state index >= 15 is 0 Å². The van der Waals surface area contributed by atoms with Crippen molar-refractivity contribution >= 4 is 26.4 Å².